The molecule has 0 spiro atoms. The van der Waals surface area contributed by atoms with Gasteiger partial charge in [-0.2, -0.15) is 0 Å². The number of hydrogen-bond acceptors (Lipinski definition) is 5. The molecule has 5 heteroatoms. The number of rotatable bonds is 49. The predicted octanol–water partition coefficient (Wildman–Crippen LogP) is 18.2. The molecule has 0 saturated carbocycles. The Hall–Kier alpha value is -2.92. The maximum absolute atomic E-state index is 12.2. The molecule has 0 aliphatic heterocycles. The molecule has 0 aromatic carbocycles. The zero-order valence-corrected chi connectivity index (χ0v) is 42.0. The van der Waals surface area contributed by atoms with Crippen LogP contribution in [0.1, 0.15) is 258 Å². The van der Waals surface area contributed by atoms with Gasteiger partial charge in [0.1, 0.15) is 6.61 Å². The van der Waals surface area contributed by atoms with E-state index in [1.807, 2.05) is 0 Å². The Morgan fingerprint density at radius 2 is 0.672 bits per heavy atom. The first kappa shape index (κ1) is 61.1. The molecule has 5 nitrogen and oxygen atoms in total. The van der Waals surface area contributed by atoms with Crippen molar-refractivity contribution in [1.82, 2.24) is 0 Å². The number of aliphatic hydroxyl groups excluding tert-OH is 1. The summed E-state index contributed by atoms with van der Waals surface area (Å²) in [7, 11) is 0. The number of aliphatic hydroxyl groups is 1. The molecule has 0 radical (unpaired) electrons. The number of allylic oxidation sites excluding steroid dienone is 14. The second-order valence-corrected chi connectivity index (χ2v) is 17.9. The van der Waals surface area contributed by atoms with Crippen LogP contribution in [0.4, 0.5) is 0 Å². The van der Waals surface area contributed by atoms with E-state index in [1.54, 1.807) is 0 Å². The highest BCUT2D eigenvalue weighted by Crippen LogP contribution is 2.16. The van der Waals surface area contributed by atoms with Gasteiger partial charge < -0.3 is 14.6 Å². The Bertz CT molecular complexity index is 1190. The molecular formula is C59H102O5. The lowest BCUT2D eigenvalue weighted by Crippen LogP contribution is -2.28. The van der Waals surface area contributed by atoms with Crippen LogP contribution in [0.25, 0.3) is 0 Å². The Morgan fingerprint density at radius 3 is 1.02 bits per heavy atom. The highest BCUT2D eigenvalue weighted by molar-refractivity contribution is 5.70. The average molecular weight is 891 g/mol. The maximum Gasteiger partial charge on any atom is 0.306 e. The Morgan fingerprint density at radius 1 is 0.375 bits per heavy atom. The van der Waals surface area contributed by atoms with Crippen LogP contribution in [-0.2, 0) is 19.1 Å². The third-order valence-electron chi connectivity index (χ3n) is 11.7. The van der Waals surface area contributed by atoms with Gasteiger partial charge in [-0.15, -0.1) is 0 Å². The second-order valence-electron chi connectivity index (χ2n) is 17.9. The first-order valence-corrected chi connectivity index (χ1v) is 27.1. The standard InChI is InChI=1S/C59H102O5/c1-3-5-7-9-11-13-15-17-19-21-22-23-24-25-26-27-28-29-30-31-32-33-34-35-36-38-39-41-43-45-47-49-51-53-58(61)63-56-57(55-60)64-59(62)54-52-50-48-46-44-42-40-37-20-18-16-14-12-10-8-6-4-2/h6,8,12,14-15,17-18,20-22,24-25,40,42,57,60H,3-5,7,9-11,13,16,19,23,26-39,41,43-56H2,1-2H3/b8-6-,14-12-,17-15-,20-18-,22-21-,25-24-,42-40-. The molecule has 0 fully saturated rings. The third kappa shape index (κ3) is 51.7. The number of carbonyl (C=O) groups is 2. The van der Waals surface area contributed by atoms with Gasteiger partial charge in [-0.05, 0) is 89.9 Å². The lowest BCUT2D eigenvalue weighted by Gasteiger charge is -2.15. The number of ether oxygens (including phenoxy) is 2. The van der Waals surface area contributed by atoms with Gasteiger partial charge in [-0.25, -0.2) is 0 Å². The van der Waals surface area contributed by atoms with E-state index in [0.717, 1.165) is 89.9 Å². The third-order valence-corrected chi connectivity index (χ3v) is 11.7. The van der Waals surface area contributed by atoms with Gasteiger partial charge in [-0.1, -0.05) is 240 Å². The molecule has 0 aliphatic rings. The van der Waals surface area contributed by atoms with Gasteiger partial charge in [0.15, 0.2) is 6.10 Å². The topological polar surface area (TPSA) is 72.8 Å². The van der Waals surface area contributed by atoms with Crippen molar-refractivity contribution in [1.29, 1.82) is 0 Å². The number of hydrogen-bond donors (Lipinski definition) is 1. The van der Waals surface area contributed by atoms with Crippen LogP contribution in [0, 0.1) is 0 Å². The Kier molecular flexibility index (Phi) is 51.9. The SMILES string of the molecule is CC/C=C\C/C=C\C/C=C\C/C=C\CCCCCCC(=O)OC(CO)COC(=O)CCCCCCCCCCCCCCCCCCCC/C=C\C/C=C\C/C=C\CCCCCCC. The van der Waals surface area contributed by atoms with Gasteiger partial charge in [0, 0.05) is 12.8 Å². The fraction of sp³-hybridized carbons (Fsp3) is 0.729. The Balaban J connectivity index is 3.48. The van der Waals surface area contributed by atoms with Crippen LogP contribution in [0.2, 0.25) is 0 Å². The summed E-state index contributed by atoms with van der Waals surface area (Å²) in [5.74, 6) is -0.615. The lowest BCUT2D eigenvalue weighted by molar-refractivity contribution is -0.161. The van der Waals surface area contributed by atoms with Crippen molar-refractivity contribution < 1.29 is 24.2 Å². The van der Waals surface area contributed by atoms with Crippen molar-refractivity contribution >= 4 is 11.9 Å². The van der Waals surface area contributed by atoms with Crippen LogP contribution in [0.5, 0.6) is 0 Å². The van der Waals surface area contributed by atoms with E-state index in [0.29, 0.717) is 12.8 Å². The van der Waals surface area contributed by atoms with E-state index in [2.05, 4.69) is 98.9 Å². The van der Waals surface area contributed by atoms with E-state index in [-0.39, 0.29) is 25.2 Å². The predicted molar refractivity (Wildman–Crippen MR) is 279 cm³/mol. The van der Waals surface area contributed by atoms with Crippen molar-refractivity contribution in [2.75, 3.05) is 13.2 Å². The molecule has 1 N–H and O–H groups in total. The summed E-state index contributed by atoms with van der Waals surface area (Å²) >= 11 is 0. The lowest BCUT2D eigenvalue weighted by atomic mass is 10.0. The largest absolute Gasteiger partial charge is 0.462 e. The van der Waals surface area contributed by atoms with E-state index >= 15 is 0 Å². The minimum Gasteiger partial charge on any atom is -0.462 e. The molecule has 0 aliphatic carbocycles. The second kappa shape index (κ2) is 54.4. The van der Waals surface area contributed by atoms with E-state index < -0.39 is 6.10 Å². The van der Waals surface area contributed by atoms with E-state index in [9.17, 15) is 14.7 Å². The minimum atomic E-state index is -0.788. The molecule has 0 rings (SSSR count). The summed E-state index contributed by atoms with van der Waals surface area (Å²) in [4.78, 5) is 24.4. The maximum atomic E-state index is 12.2. The summed E-state index contributed by atoms with van der Waals surface area (Å²) in [5.41, 5.74) is 0. The van der Waals surface area contributed by atoms with Crippen LogP contribution < -0.4 is 0 Å². The van der Waals surface area contributed by atoms with Crippen molar-refractivity contribution in [3.05, 3.63) is 85.1 Å². The quantitative estimate of drug-likeness (QED) is 0.0374. The van der Waals surface area contributed by atoms with Gasteiger partial charge in [-0.3, -0.25) is 9.59 Å². The van der Waals surface area contributed by atoms with Crippen molar-refractivity contribution in [2.45, 2.75) is 264 Å². The minimum absolute atomic E-state index is 0.0779. The first-order valence-electron chi connectivity index (χ1n) is 27.1. The summed E-state index contributed by atoms with van der Waals surface area (Å²) in [5, 5.41) is 9.62. The van der Waals surface area contributed by atoms with Gasteiger partial charge in [0.05, 0.1) is 6.61 Å². The molecule has 0 bridgehead atoms. The van der Waals surface area contributed by atoms with Gasteiger partial charge in [0.25, 0.3) is 0 Å². The smallest absolute Gasteiger partial charge is 0.306 e. The Labute approximate surface area is 396 Å². The first-order chi connectivity index (χ1) is 31.6. The zero-order chi connectivity index (χ0) is 46.3. The normalized spacial score (nSPS) is 12.9. The van der Waals surface area contributed by atoms with Crippen molar-refractivity contribution in [3.63, 3.8) is 0 Å². The van der Waals surface area contributed by atoms with Crippen LogP contribution >= 0.6 is 0 Å². The fourth-order valence-electron chi connectivity index (χ4n) is 7.61. The molecule has 368 valence electrons. The van der Waals surface area contributed by atoms with Crippen LogP contribution in [-0.4, -0.2) is 36.4 Å². The van der Waals surface area contributed by atoms with Gasteiger partial charge >= 0.3 is 11.9 Å². The molecule has 0 saturated heterocycles. The summed E-state index contributed by atoms with van der Waals surface area (Å²) < 4.78 is 10.7. The van der Waals surface area contributed by atoms with Crippen molar-refractivity contribution in [2.24, 2.45) is 0 Å². The molecule has 0 aromatic rings. The zero-order valence-electron chi connectivity index (χ0n) is 42.0. The molecular weight excluding hydrogens is 789 g/mol. The fourth-order valence-corrected chi connectivity index (χ4v) is 7.61. The summed E-state index contributed by atoms with van der Waals surface area (Å²) in [6, 6.07) is 0. The number of unbranched alkanes of at least 4 members (excludes halogenated alkanes) is 27. The highest BCUT2D eigenvalue weighted by Gasteiger charge is 2.16. The number of carbonyl (C=O) groups excluding carboxylic acids is 2. The van der Waals surface area contributed by atoms with E-state index in [4.69, 9.17) is 9.47 Å². The van der Waals surface area contributed by atoms with Crippen molar-refractivity contribution in [3.8, 4) is 0 Å². The molecule has 1 unspecified atom stereocenters. The summed E-state index contributed by atoms with van der Waals surface area (Å²) in [6.07, 6.45) is 75.5. The molecule has 64 heavy (non-hydrogen) atoms. The molecule has 0 heterocycles. The van der Waals surface area contributed by atoms with Crippen LogP contribution in [0.15, 0.2) is 85.1 Å². The monoisotopic (exact) mass is 891 g/mol. The van der Waals surface area contributed by atoms with E-state index in [1.165, 1.54) is 141 Å². The van der Waals surface area contributed by atoms with Crippen LogP contribution in [0.3, 0.4) is 0 Å². The van der Waals surface area contributed by atoms with Gasteiger partial charge in [0.2, 0.25) is 0 Å². The molecule has 0 aromatic heterocycles. The molecule has 0 amide bonds. The summed E-state index contributed by atoms with van der Waals surface area (Å²) in [6.45, 7) is 4.01. The molecule has 1 atom stereocenters. The number of esters is 2. The highest BCUT2D eigenvalue weighted by atomic mass is 16.6. The average Bonchev–Trinajstić information content (AvgIpc) is 3.30.